The number of alkyl halides is 3. The number of aromatic nitrogens is 4. The highest BCUT2D eigenvalue weighted by Crippen LogP contribution is 2.36. The molecule has 6 rings (SSSR count). The van der Waals surface area contributed by atoms with Crippen molar-refractivity contribution >= 4 is 34.8 Å². The van der Waals surface area contributed by atoms with Crippen molar-refractivity contribution in [3.05, 3.63) is 42.2 Å². The maximum atomic E-state index is 12.1. The molecule has 2 aliphatic carbocycles. The predicted octanol–water partition coefficient (Wildman–Crippen LogP) is 2.71. The lowest BCUT2D eigenvalue weighted by Crippen LogP contribution is -2.42. The lowest BCUT2D eigenvalue weighted by atomic mass is 10.2. The molecule has 3 fully saturated rings. The van der Waals surface area contributed by atoms with Gasteiger partial charge in [-0.2, -0.15) is 23.1 Å². The third-order valence-electron chi connectivity index (χ3n) is 9.59. The summed E-state index contributed by atoms with van der Waals surface area (Å²) in [4.78, 5) is 40.1. The summed E-state index contributed by atoms with van der Waals surface area (Å²) >= 11 is 0. The van der Waals surface area contributed by atoms with E-state index >= 15 is 0 Å². The molecular weight excluding hydrogens is 661 g/mol. The Morgan fingerprint density at radius 2 is 1.78 bits per heavy atom. The van der Waals surface area contributed by atoms with Crippen LogP contribution in [0, 0.1) is 0 Å². The highest BCUT2D eigenvalue weighted by molar-refractivity contribution is 5.85. The van der Waals surface area contributed by atoms with E-state index in [2.05, 4.69) is 46.7 Å². The normalized spacial score (nSPS) is 26.7. The van der Waals surface area contributed by atoms with Crippen LogP contribution in [-0.2, 0) is 20.9 Å². The number of nitrogens with one attached hydrogen (secondary N) is 2. The summed E-state index contributed by atoms with van der Waals surface area (Å²) in [5.41, 5.74) is 2.36. The van der Waals surface area contributed by atoms with Crippen molar-refractivity contribution in [1.82, 2.24) is 29.7 Å². The molecule has 0 spiro atoms. The van der Waals surface area contributed by atoms with Gasteiger partial charge in [0.05, 0.1) is 37.2 Å². The number of aliphatic hydroxyl groups is 2. The summed E-state index contributed by atoms with van der Waals surface area (Å²) in [5.74, 6) is -1.65. The molecule has 3 heterocycles. The number of carbonyl (C=O) groups is 2. The number of carboxylic acid groups (broad SMARTS) is 1. The summed E-state index contributed by atoms with van der Waals surface area (Å²) in [6.45, 7) is 3.97. The molecule has 1 amide bonds. The number of fused-ring (bicyclic) bond motifs is 1. The minimum Gasteiger partial charge on any atom is -0.475 e. The number of aliphatic carboxylic acids is 1. The van der Waals surface area contributed by atoms with Crippen molar-refractivity contribution in [1.29, 1.82) is 0 Å². The number of carboxylic acids is 1. The Labute approximate surface area is 287 Å². The third-order valence-corrected chi connectivity index (χ3v) is 9.59. The van der Waals surface area contributed by atoms with Crippen LogP contribution in [0.3, 0.4) is 0 Å². The highest BCUT2D eigenvalue weighted by Gasteiger charge is 2.44. The van der Waals surface area contributed by atoms with Crippen molar-refractivity contribution in [3.8, 4) is 0 Å². The number of hydrogen-bond donors (Lipinski definition) is 5. The molecule has 0 bridgehead atoms. The summed E-state index contributed by atoms with van der Waals surface area (Å²) in [6.07, 6.45) is -0.869. The molecule has 17 heteroatoms. The Morgan fingerprint density at radius 3 is 2.42 bits per heavy atom. The van der Waals surface area contributed by atoms with Crippen LogP contribution in [0.1, 0.15) is 57.1 Å². The Kier molecular flexibility index (Phi) is 11.8. The van der Waals surface area contributed by atoms with Gasteiger partial charge in [-0.15, -0.1) is 0 Å². The smallest absolute Gasteiger partial charge is 0.475 e. The van der Waals surface area contributed by atoms with Crippen LogP contribution in [0.25, 0.3) is 11.2 Å². The first-order valence-electron chi connectivity index (χ1n) is 16.8. The number of aliphatic hydroxyl groups excluding tert-OH is 2. The fourth-order valence-corrected chi connectivity index (χ4v) is 6.71. The maximum absolute atomic E-state index is 12.1. The molecule has 14 nitrogen and oxygen atoms in total. The van der Waals surface area contributed by atoms with Gasteiger partial charge in [-0.25, -0.2) is 9.78 Å². The SMILES string of the molecule is CCC(=O)N[C@H]1C[C@@H](n2cnc3c(NC4CCCC4OCc4ccccc4)nc(N4CC[C@@H](N(C)C)C4)nc32)[C@H](O)[C@@H]1O.O=C(O)C(F)(F)F. The van der Waals surface area contributed by atoms with E-state index < -0.39 is 36.4 Å². The van der Waals surface area contributed by atoms with Crippen molar-refractivity contribution in [2.75, 3.05) is 37.4 Å². The van der Waals surface area contributed by atoms with Gasteiger partial charge in [0.25, 0.3) is 0 Å². The number of halogens is 3. The van der Waals surface area contributed by atoms with Gasteiger partial charge in [-0.05, 0) is 51.8 Å². The second-order valence-corrected chi connectivity index (χ2v) is 13.2. The zero-order valence-electron chi connectivity index (χ0n) is 28.3. The van der Waals surface area contributed by atoms with Crippen LogP contribution in [0.15, 0.2) is 36.7 Å². The zero-order valence-corrected chi connectivity index (χ0v) is 28.3. The number of amides is 1. The predicted molar refractivity (Wildman–Crippen MR) is 177 cm³/mol. The average molecular weight is 707 g/mol. The summed E-state index contributed by atoms with van der Waals surface area (Å²) in [5, 5.41) is 35.5. The minimum atomic E-state index is -5.08. The van der Waals surface area contributed by atoms with Crippen molar-refractivity contribution in [2.24, 2.45) is 0 Å². The molecule has 2 aromatic heterocycles. The van der Waals surface area contributed by atoms with E-state index in [4.69, 9.17) is 29.6 Å². The summed E-state index contributed by atoms with van der Waals surface area (Å²) in [6, 6.07) is 9.64. The number of benzene rings is 1. The number of anilines is 2. The van der Waals surface area contributed by atoms with Crippen LogP contribution >= 0.6 is 0 Å². The van der Waals surface area contributed by atoms with E-state index in [9.17, 15) is 28.2 Å². The Hall–Kier alpha value is -4.06. The summed E-state index contributed by atoms with van der Waals surface area (Å²) < 4.78 is 40.0. The number of rotatable bonds is 10. The van der Waals surface area contributed by atoms with Crippen LogP contribution in [-0.4, -0.2) is 121 Å². The highest BCUT2D eigenvalue weighted by atomic mass is 19.4. The van der Waals surface area contributed by atoms with Gasteiger partial charge >= 0.3 is 12.1 Å². The topological polar surface area (TPSA) is 178 Å². The monoisotopic (exact) mass is 706 g/mol. The number of nitrogens with zero attached hydrogens (tertiary/aromatic N) is 6. The quantitative estimate of drug-likeness (QED) is 0.209. The maximum Gasteiger partial charge on any atom is 0.490 e. The molecular formula is C33H45F3N8O6. The first-order chi connectivity index (χ1) is 23.8. The van der Waals surface area contributed by atoms with E-state index in [1.54, 1.807) is 13.3 Å². The fourth-order valence-electron chi connectivity index (χ4n) is 6.71. The number of imidazole rings is 1. The standard InChI is InChI=1S/C31H44N8O4.C2HF3O2/c1-4-25(40)33-22-15-23(28(42)27(22)41)39-18-32-26-29(35-31(36-30(26)39)38-14-13-20(16-38)37(2)3)34-21-11-8-12-24(21)43-17-19-9-6-5-7-10-19;3-2(4,5)1(6)7/h5-7,9-10,18,20-24,27-28,41-42H,4,8,11-17H2,1-3H3,(H,33,40)(H,34,35,36);(H,6,7)/t20-,21?,22+,23-,24?,27-,28+;/m1./s1. The van der Waals surface area contributed by atoms with Gasteiger partial charge in [0, 0.05) is 25.6 Å². The molecule has 3 aliphatic rings. The van der Waals surface area contributed by atoms with Gasteiger partial charge < -0.3 is 45.1 Å². The molecule has 274 valence electrons. The first kappa shape index (κ1) is 37.2. The Morgan fingerprint density at radius 1 is 1.06 bits per heavy atom. The Balaban J connectivity index is 0.000000630. The van der Waals surface area contributed by atoms with Gasteiger partial charge in [0.2, 0.25) is 11.9 Å². The van der Waals surface area contributed by atoms with Crippen molar-refractivity contribution in [3.63, 3.8) is 0 Å². The van der Waals surface area contributed by atoms with Crippen LogP contribution in [0.5, 0.6) is 0 Å². The Bertz CT molecular complexity index is 1610. The van der Waals surface area contributed by atoms with Crippen molar-refractivity contribution in [2.45, 2.75) is 101 Å². The molecule has 2 saturated carbocycles. The van der Waals surface area contributed by atoms with E-state index in [0.717, 1.165) is 44.3 Å². The second-order valence-electron chi connectivity index (χ2n) is 13.2. The molecule has 1 aliphatic heterocycles. The number of likely N-dealkylation sites (N-methyl/N-ethyl adjacent to an activating group) is 1. The van der Waals surface area contributed by atoms with Crippen LogP contribution < -0.4 is 15.5 Å². The number of carbonyl (C=O) groups excluding carboxylic acids is 1. The molecule has 1 saturated heterocycles. The number of hydrogen-bond acceptors (Lipinski definition) is 11. The average Bonchev–Trinajstić information content (AvgIpc) is 3.89. The lowest BCUT2D eigenvalue weighted by Gasteiger charge is -2.24. The van der Waals surface area contributed by atoms with E-state index in [-0.39, 0.29) is 18.1 Å². The van der Waals surface area contributed by atoms with E-state index in [0.29, 0.717) is 48.4 Å². The van der Waals surface area contributed by atoms with Crippen LogP contribution in [0.4, 0.5) is 24.9 Å². The molecule has 0 radical (unpaired) electrons. The van der Waals surface area contributed by atoms with Gasteiger partial charge in [0.1, 0.15) is 12.2 Å². The molecule has 50 heavy (non-hydrogen) atoms. The van der Waals surface area contributed by atoms with E-state index in [1.807, 2.05) is 22.8 Å². The summed E-state index contributed by atoms with van der Waals surface area (Å²) in [7, 11) is 4.19. The zero-order chi connectivity index (χ0) is 36.2. The molecule has 2 unspecified atom stereocenters. The molecule has 3 aromatic rings. The number of ether oxygens (including phenoxy) is 1. The van der Waals surface area contributed by atoms with Gasteiger partial charge in [-0.1, -0.05) is 37.3 Å². The minimum absolute atomic E-state index is 0.0374. The second kappa shape index (κ2) is 15.9. The lowest BCUT2D eigenvalue weighted by molar-refractivity contribution is -0.192. The van der Waals surface area contributed by atoms with E-state index in [1.165, 1.54) is 0 Å². The third kappa shape index (κ3) is 8.62. The fraction of sp³-hybridized carbons (Fsp3) is 0.606. The molecule has 1 aromatic carbocycles. The van der Waals surface area contributed by atoms with Crippen molar-refractivity contribution < 1.29 is 42.8 Å². The van der Waals surface area contributed by atoms with Crippen LogP contribution in [0.2, 0.25) is 0 Å². The first-order valence-corrected chi connectivity index (χ1v) is 16.8. The van der Waals surface area contributed by atoms with Gasteiger partial charge in [0.15, 0.2) is 17.0 Å². The molecule has 7 atom stereocenters. The molecule has 5 N–H and O–H groups in total. The largest absolute Gasteiger partial charge is 0.490 e. The van der Waals surface area contributed by atoms with Gasteiger partial charge in [-0.3, -0.25) is 4.79 Å².